The van der Waals surface area contributed by atoms with Crippen LogP contribution < -0.4 is 4.74 Å². The number of benzene rings is 2. The van der Waals surface area contributed by atoms with E-state index in [1.54, 1.807) is 9.80 Å². The van der Waals surface area contributed by atoms with E-state index in [4.69, 9.17) is 4.74 Å². The summed E-state index contributed by atoms with van der Waals surface area (Å²) < 4.78 is 6.67. The molecule has 0 bridgehead atoms. The molecule has 0 radical (unpaired) electrons. The van der Waals surface area contributed by atoms with E-state index < -0.39 is 0 Å². The molecule has 3 rings (SSSR count). The van der Waals surface area contributed by atoms with Gasteiger partial charge in [0.15, 0.2) is 6.61 Å². The van der Waals surface area contributed by atoms with Crippen LogP contribution in [0.5, 0.6) is 5.75 Å². The summed E-state index contributed by atoms with van der Waals surface area (Å²) in [6.45, 7) is 2.18. The van der Waals surface area contributed by atoms with Crippen molar-refractivity contribution in [1.82, 2.24) is 9.80 Å². The molecule has 5 nitrogen and oxygen atoms in total. The molecule has 2 aromatic carbocycles. The first-order valence-electron chi connectivity index (χ1n) is 8.14. The van der Waals surface area contributed by atoms with E-state index in [1.807, 2.05) is 54.6 Å². The largest absolute Gasteiger partial charge is 0.484 e. The molecule has 0 spiro atoms. The van der Waals surface area contributed by atoms with Crippen molar-refractivity contribution in [3.05, 3.63) is 63.7 Å². The first kappa shape index (κ1) is 17.7. The molecule has 1 aliphatic heterocycles. The number of carbonyl (C=O) groups excluding carboxylic acids is 2. The van der Waals surface area contributed by atoms with Crippen molar-refractivity contribution < 1.29 is 14.3 Å². The summed E-state index contributed by atoms with van der Waals surface area (Å²) in [5.41, 5.74) is 0.685. The van der Waals surface area contributed by atoms with E-state index in [2.05, 4.69) is 22.6 Å². The second-order valence-electron chi connectivity index (χ2n) is 5.78. The van der Waals surface area contributed by atoms with Gasteiger partial charge in [0, 0.05) is 35.3 Å². The first-order chi connectivity index (χ1) is 12.1. The van der Waals surface area contributed by atoms with Crippen LogP contribution in [0.4, 0.5) is 0 Å². The molecule has 25 heavy (non-hydrogen) atoms. The van der Waals surface area contributed by atoms with Crippen LogP contribution in [0, 0.1) is 3.57 Å². The van der Waals surface area contributed by atoms with E-state index in [1.165, 1.54) is 0 Å². The SMILES string of the molecule is O=C(COc1ccc(I)cc1)N1CCN(C(=O)c2ccccc2)CC1. The van der Waals surface area contributed by atoms with E-state index in [-0.39, 0.29) is 18.4 Å². The topological polar surface area (TPSA) is 49.9 Å². The maximum Gasteiger partial charge on any atom is 0.260 e. The van der Waals surface area contributed by atoms with E-state index in [0.717, 1.165) is 3.57 Å². The number of hydrogen-bond acceptors (Lipinski definition) is 3. The van der Waals surface area contributed by atoms with Gasteiger partial charge < -0.3 is 14.5 Å². The molecule has 1 fully saturated rings. The highest BCUT2D eigenvalue weighted by atomic mass is 127. The Balaban J connectivity index is 1.47. The van der Waals surface area contributed by atoms with Crippen LogP contribution in [0.25, 0.3) is 0 Å². The standard InChI is InChI=1S/C19H19IN2O3/c20-16-6-8-17(9-7-16)25-14-18(23)21-10-12-22(13-11-21)19(24)15-4-2-1-3-5-15/h1-9H,10-14H2. The summed E-state index contributed by atoms with van der Waals surface area (Å²) in [4.78, 5) is 28.2. The number of piperazine rings is 1. The van der Waals surface area contributed by atoms with Crippen molar-refractivity contribution in [2.75, 3.05) is 32.8 Å². The van der Waals surface area contributed by atoms with Crippen molar-refractivity contribution in [2.24, 2.45) is 0 Å². The van der Waals surface area contributed by atoms with Crippen molar-refractivity contribution in [2.45, 2.75) is 0 Å². The van der Waals surface area contributed by atoms with Crippen molar-refractivity contribution >= 4 is 34.4 Å². The molecule has 0 unspecified atom stereocenters. The van der Waals surface area contributed by atoms with Gasteiger partial charge >= 0.3 is 0 Å². The number of ether oxygens (including phenoxy) is 1. The van der Waals surface area contributed by atoms with Crippen LogP contribution in [0.3, 0.4) is 0 Å². The van der Waals surface area contributed by atoms with Crippen LogP contribution in [0.15, 0.2) is 54.6 Å². The Kier molecular flexibility index (Phi) is 5.91. The van der Waals surface area contributed by atoms with Crippen LogP contribution in [-0.2, 0) is 4.79 Å². The number of carbonyl (C=O) groups is 2. The van der Waals surface area contributed by atoms with Crippen LogP contribution in [0.2, 0.25) is 0 Å². The average molecular weight is 450 g/mol. The summed E-state index contributed by atoms with van der Waals surface area (Å²) in [6.07, 6.45) is 0. The minimum Gasteiger partial charge on any atom is -0.484 e. The average Bonchev–Trinajstić information content (AvgIpc) is 2.67. The van der Waals surface area contributed by atoms with E-state index in [0.29, 0.717) is 37.5 Å². The van der Waals surface area contributed by atoms with Crippen molar-refractivity contribution in [3.8, 4) is 5.75 Å². The maximum atomic E-state index is 12.4. The molecule has 1 saturated heterocycles. The molecule has 0 atom stereocenters. The third-order valence-corrected chi connectivity index (χ3v) is 4.84. The van der Waals surface area contributed by atoms with Crippen LogP contribution in [-0.4, -0.2) is 54.4 Å². The number of halogens is 1. The van der Waals surface area contributed by atoms with Gasteiger partial charge in [-0.3, -0.25) is 9.59 Å². The molecular weight excluding hydrogens is 431 g/mol. The van der Waals surface area contributed by atoms with Gasteiger partial charge in [0.2, 0.25) is 0 Å². The summed E-state index contributed by atoms with van der Waals surface area (Å²) in [6, 6.07) is 16.8. The lowest BCUT2D eigenvalue weighted by atomic mass is 10.2. The van der Waals surface area contributed by atoms with Gasteiger partial charge in [-0.05, 0) is 59.0 Å². The third kappa shape index (κ3) is 4.72. The fourth-order valence-corrected chi connectivity index (χ4v) is 3.05. The maximum absolute atomic E-state index is 12.4. The number of amides is 2. The minimum atomic E-state index is -0.0506. The van der Waals surface area contributed by atoms with Crippen molar-refractivity contribution in [3.63, 3.8) is 0 Å². The summed E-state index contributed by atoms with van der Waals surface area (Å²) in [5.74, 6) is 0.653. The van der Waals surface area contributed by atoms with Crippen molar-refractivity contribution in [1.29, 1.82) is 0 Å². The molecule has 130 valence electrons. The van der Waals surface area contributed by atoms with Crippen LogP contribution in [0.1, 0.15) is 10.4 Å². The van der Waals surface area contributed by atoms with Gasteiger partial charge in [0.05, 0.1) is 0 Å². The van der Waals surface area contributed by atoms with Gasteiger partial charge in [-0.2, -0.15) is 0 Å². The van der Waals surface area contributed by atoms with E-state index in [9.17, 15) is 9.59 Å². The van der Waals surface area contributed by atoms with Crippen LogP contribution >= 0.6 is 22.6 Å². The number of hydrogen-bond donors (Lipinski definition) is 0. The molecule has 6 heteroatoms. The Labute approximate surface area is 160 Å². The Bertz CT molecular complexity index is 726. The minimum absolute atomic E-state index is 0.0165. The summed E-state index contributed by atoms with van der Waals surface area (Å²) >= 11 is 2.22. The van der Waals surface area contributed by atoms with Gasteiger partial charge in [-0.1, -0.05) is 18.2 Å². The predicted molar refractivity (Wildman–Crippen MR) is 104 cm³/mol. The van der Waals surface area contributed by atoms with E-state index >= 15 is 0 Å². The van der Waals surface area contributed by atoms with Gasteiger partial charge in [0.1, 0.15) is 5.75 Å². The number of nitrogens with zero attached hydrogens (tertiary/aromatic N) is 2. The fraction of sp³-hybridized carbons (Fsp3) is 0.263. The molecule has 0 aliphatic carbocycles. The monoisotopic (exact) mass is 450 g/mol. The molecular formula is C19H19IN2O3. The summed E-state index contributed by atoms with van der Waals surface area (Å²) in [5, 5.41) is 0. The predicted octanol–water partition coefficient (Wildman–Crippen LogP) is 2.65. The normalized spacial score (nSPS) is 14.3. The molecule has 1 aliphatic rings. The summed E-state index contributed by atoms with van der Waals surface area (Å²) in [7, 11) is 0. The zero-order chi connectivity index (χ0) is 17.6. The molecule has 2 aromatic rings. The van der Waals surface area contributed by atoms with Gasteiger partial charge in [-0.25, -0.2) is 0 Å². The highest BCUT2D eigenvalue weighted by Crippen LogP contribution is 2.14. The number of rotatable bonds is 4. The highest BCUT2D eigenvalue weighted by Gasteiger charge is 2.24. The second kappa shape index (κ2) is 8.33. The Morgan fingerprint density at radius 2 is 1.48 bits per heavy atom. The molecule has 1 heterocycles. The zero-order valence-corrected chi connectivity index (χ0v) is 15.9. The van der Waals surface area contributed by atoms with Gasteiger partial charge in [0.25, 0.3) is 11.8 Å². The smallest absolute Gasteiger partial charge is 0.260 e. The Morgan fingerprint density at radius 3 is 2.12 bits per heavy atom. The zero-order valence-electron chi connectivity index (χ0n) is 13.7. The molecule has 0 saturated carbocycles. The lowest BCUT2D eigenvalue weighted by Gasteiger charge is -2.34. The lowest BCUT2D eigenvalue weighted by Crippen LogP contribution is -2.51. The molecule has 0 N–H and O–H groups in total. The lowest BCUT2D eigenvalue weighted by molar-refractivity contribution is -0.134. The second-order valence-corrected chi connectivity index (χ2v) is 7.03. The quantitative estimate of drug-likeness (QED) is 0.674. The Morgan fingerprint density at radius 1 is 0.880 bits per heavy atom. The fourth-order valence-electron chi connectivity index (χ4n) is 2.69. The molecule has 2 amide bonds. The first-order valence-corrected chi connectivity index (χ1v) is 9.22. The molecule has 0 aromatic heterocycles. The third-order valence-electron chi connectivity index (χ3n) is 4.12. The van der Waals surface area contributed by atoms with Gasteiger partial charge in [-0.15, -0.1) is 0 Å². The highest BCUT2D eigenvalue weighted by molar-refractivity contribution is 14.1. The Hall–Kier alpha value is -2.09.